The second-order valence-corrected chi connectivity index (χ2v) is 6.14. The van der Waals surface area contributed by atoms with Crippen LogP contribution in [0.3, 0.4) is 0 Å². The molecule has 3 N–H and O–H groups in total. The molecule has 18 heavy (non-hydrogen) atoms. The maximum atomic E-state index is 10.9. The molecule has 0 bridgehead atoms. The van der Waals surface area contributed by atoms with Gasteiger partial charge in [0.1, 0.15) is 0 Å². The number of aliphatic hydroxyl groups is 1. The fourth-order valence-corrected chi connectivity index (χ4v) is 3.75. The Morgan fingerprint density at radius 3 is 2.83 bits per heavy atom. The fraction of sp³-hybridized carbons (Fsp3) is 0.625. The van der Waals surface area contributed by atoms with E-state index in [2.05, 4.69) is 0 Å². The summed E-state index contributed by atoms with van der Waals surface area (Å²) in [5.41, 5.74) is 8.43. The summed E-state index contributed by atoms with van der Waals surface area (Å²) in [4.78, 5) is 0. The number of rotatable bonds is 3. The van der Waals surface area contributed by atoms with Gasteiger partial charge in [0.15, 0.2) is 0 Å². The Labute approximate surface area is 109 Å². The number of fused-ring (bicyclic) bond motifs is 1. The zero-order valence-corrected chi connectivity index (χ0v) is 11.0. The van der Waals surface area contributed by atoms with Gasteiger partial charge < -0.3 is 10.8 Å². The monoisotopic (exact) mass is 245 g/mol. The van der Waals surface area contributed by atoms with Crippen molar-refractivity contribution in [1.82, 2.24) is 0 Å². The molecular weight excluding hydrogens is 222 g/mol. The molecule has 0 radical (unpaired) electrons. The van der Waals surface area contributed by atoms with Crippen LogP contribution in [0.2, 0.25) is 0 Å². The molecule has 0 aliphatic heterocycles. The van der Waals surface area contributed by atoms with Crippen molar-refractivity contribution in [1.29, 1.82) is 0 Å². The quantitative estimate of drug-likeness (QED) is 0.802. The van der Waals surface area contributed by atoms with E-state index in [-0.39, 0.29) is 0 Å². The van der Waals surface area contributed by atoms with Gasteiger partial charge in [-0.1, -0.05) is 31.7 Å². The van der Waals surface area contributed by atoms with E-state index in [1.165, 1.54) is 37.7 Å². The molecule has 2 aliphatic rings. The van der Waals surface area contributed by atoms with Gasteiger partial charge in [-0.05, 0) is 54.9 Å². The van der Waals surface area contributed by atoms with Gasteiger partial charge in [0, 0.05) is 5.69 Å². The third-order valence-corrected chi connectivity index (χ3v) is 4.88. The van der Waals surface area contributed by atoms with E-state index in [9.17, 15) is 5.11 Å². The van der Waals surface area contributed by atoms with Crippen molar-refractivity contribution in [2.45, 2.75) is 57.0 Å². The van der Waals surface area contributed by atoms with E-state index >= 15 is 0 Å². The minimum Gasteiger partial charge on any atom is -0.399 e. The minimum absolute atomic E-state index is 0.578. The number of nitrogen functional groups attached to an aromatic ring is 1. The maximum absolute atomic E-state index is 10.9. The summed E-state index contributed by atoms with van der Waals surface area (Å²) >= 11 is 0. The first kappa shape index (κ1) is 12.0. The Balaban J connectivity index is 1.72. The highest BCUT2D eigenvalue weighted by atomic mass is 16.3. The normalized spacial score (nSPS) is 27.6. The number of nitrogens with two attached hydrogens (primary N) is 1. The molecule has 0 saturated heterocycles. The Hall–Kier alpha value is -1.02. The SMILES string of the molecule is Nc1ccc2c(c1)CCC2(O)CCC1CCCC1. The van der Waals surface area contributed by atoms with Crippen molar-refractivity contribution in [2.75, 3.05) is 5.73 Å². The van der Waals surface area contributed by atoms with Crippen LogP contribution in [-0.4, -0.2) is 5.11 Å². The molecule has 2 nitrogen and oxygen atoms in total. The van der Waals surface area contributed by atoms with E-state index in [1.54, 1.807) is 0 Å². The van der Waals surface area contributed by atoms with Crippen LogP contribution in [0, 0.1) is 5.92 Å². The van der Waals surface area contributed by atoms with Gasteiger partial charge in [-0.3, -0.25) is 0 Å². The zero-order valence-electron chi connectivity index (χ0n) is 11.0. The van der Waals surface area contributed by atoms with Crippen LogP contribution >= 0.6 is 0 Å². The number of benzene rings is 1. The van der Waals surface area contributed by atoms with Gasteiger partial charge in [-0.2, -0.15) is 0 Å². The van der Waals surface area contributed by atoms with Crippen LogP contribution in [0.1, 0.15) is 56.1 Å². The van der Waals surface area contributed by atoms with Crippen LogP contribution in [0.25, 0.3) is 0 Å². The molecule has 1 aromatic carbocycles. The molecule has 1 aromatic rings. The third-order valence-electron chi connectivity index (χ3n) is 4.88. The predicted octanol–water partition coefficient (Wildman–Crippen LogP) is 3.37. The molecule has 1 atom stereocenters. The third kappa shape index (κ3) is 2.14. The molecule has 2 heteroatoms. The molecule has 0 amide bonds. The molecule has 0 heterocycles. The summed E-state index contributed by atoms with van der Waals surface area (Å²) in [6, 6.07) is 5.99. The van der Waals surface area contributed by atoms with Gasteiger partial charge in [0.2, 0.25) is 0 Å². The van der Waals surface area contributed by atoms with Gasteiger partial charge in [0.25, 0.3) is 0 Å². The van der Waals surface area contributed by atoms with Crippen LogP contribution in [0.15, 0.2) is 18.2 Å². The van der Waals surface area contributed by atoms with E-state index in [4.69, 9.17) is 5.73 Å². The molecule has 0 aromatic heterocycles. The number of hydrogen-bond donors (Lipinski definition) is 2. The van der Waals surface area contributed by atoms with Crippen molar-refractivity contribution in [2.24, 2.45) is 5.92 Å². The summed E-state index contributed by atoms with van der Waals surface area (Å²) in [6.07, 6.45) is 9.46. The summed E-state index contributed by atoms with van der Waals surface area (Å²) in [7, 11) is 0. The first-order chi connectivity index (χ1) is 8.67. The van der Waals surface area contributed by atoms with Crippen LogP contribution < -0.4 is 5.73 Å². The number of aryl methyl sites for hydroxylation is 1. The molecular formula is C16H23NO. The largest absolute Gasteiger partial charge is 0.399 e. The average molecular weight is 245 g/mol. The van der Waals surface area contributed by atoms with E-state index < -0.39 is 5.60 Å². The fourth-order valence-electron chi connectivity index (χ4n) is 3.75. The van der Waals surface area contributed by atoms with Crippen LogP contribution in [0.5, 0.6) is 0 Å². The van der Waals surface area contributed by atoms with Crippen molar-refractivity contribution < 1.29 is 5.11 Å². The maximum Gasteiger partial charge on any atom is 0.0902 e. The average Bonchev–Trinajstić information content (AvgIpc) is 2.96. The highest BCUT2D eigenvalue weighted by Gasteiger charge is 2.36. The Kier molecular flexibility index (Phi) is 3.06. The van der Waals surface area contributed by atoms with Crippen molar-refractivity contribution in [3.05, 3.63) is 29.3 Å². The standard InChI is InChI=1S/C16H23NO/c17-14-5-6-15-13(11-14)8-10-16(15,18)9-7-12-3-1-2-4-12/h5-6,11-12,18H,1-4,7-10,17H2. The van der Waals surface area contributed by atoms with E-state index in [0.717, 1.165) is 36.4 Å². The van der Waals surface area contributed by atoms with E-state index in [1.807, 2.05) is 18.2 Å². The van der Waals surface area contributed by atoms with Crippen molar-refractivity contribution >= 4 is 5.69 Å². The van der Waals surface area contributed by atoms with Crippen LogP contribution in [0.4, 0.5) is 5.69 Å². The lowest BCUT2D eigenvalue weighted by molar-refractivity contribution is 0.0231. The molecule has 1 saturated carbocycles. The van der Waals surface area contributed by atoms with Gasteiger partial charge in [-0.25, -0.2) is 0 Å². The molecule has 2 aliphatic carbocycles. The first-order valence-electron chi connectivity index (χ1n) is 7.29. The lowest BCUT2D eigenvalue weighted by Gasteiger charge is -2.25. The summed E-state index contributed by atoms with van der Waals surface area (Å²) < 4.78 is 0. The molecule has 0 spiro atoms. The number of anilines is 1. The van der Waals surface area contributed by atoms with Crippen LogP contribution in [-0.2, 0) is 12.0 Å². The summed E-state index contributed by atoms with van der Waals surface area (Å²) in [5.74, 6) is 0.854. The predicted molar refractivity (Wildman–Crippen MR) is 74.3 cm³/mol. The molecule has 3 rings (SSSR count). The van der Waals surface area contributed by atoms with Crippen molar-refractivity contribution in [3.8, 4) is 0 Å². The second kappa shape index (κ2) is 4.58. The molecule has 1 fully saturated rings. The lowest BCUT2D eigenvalue weighted by atomic mass is 9.87. The highest BCUT2D eigenvalue weighted by Crippen LogP contribution is 2.42. The number of hydrogen-bond acceptors (Lipinski definition) is 2. The Morgan fingerprint density at radius 2 is 2.06 bits per heavy atom. The minimum atomic E-state index is -0.578. The summed E-state index contributed by atoms with van der Waals surface area (Å²) in [6.45, 7) is 0. The first-order valence-corrected chi connectivity index (χ1v) is 7.29. The van der Waals surface area contributed by atoms with Crippen molar-refractivity contribution in [3.63, 3.8) is 0 Å². The summed E-state index contributed by atoms with van der Waals surface area (Å²) in [5, 5.41) is 10.9. The Morgan fingerprint density at radius 1 is 1.28 bits per heavy atom. The Bertz CT molecular complexity index is 437. The molecule has 1 unspecified atom stereocenters. The lowest BCUT2D eigenvalue weighted by Crippen LogP contribution is -2.23. The van der Waals surface area contributed by atoms with Gasteiger partial charge in [-0.15, -0.1) is 0 Å². The second-order valence-electron chi connectivity index (χ2n) is 6.14. The van der Waals surface area contributed by atoms with E-state index in [0.29, 0.717) is 0 Å². The highest BCUT2D eigenvalue weighted by molar-refractivity contribution is 5.48. The van der Waals surface area contributed by atoms with Gasteiger partial charge >= 0.3 is 0 Å². The topological polar surface area (TPSA) is 46.2 Å². The zero-order chi connectivity index (χ0) is 12.6. The smallest absolute Gasteiger partial charge is 0.0902 e. The van der Waals surface area contributed by atoms with Gasteiger partial charge in [0.05, 0.1) is 5.60 Å². The molecule has 98 valence electrons.